The van der Waals surface area contributed by atoms with E-state index < -0.39 is 0 Å². The average Bonchev–Trinajstić information content (AvgIpc) is 2.19. The molecular weight excluding hydrogens is 184 g/mol. The SMILES string of the molecule is COCCOc1cc(O)ccc1C=O. The van der Waals surface area contributed by atoms with E-state index in [-0.39, 0.29) is 5.75 Å². The lowest BCUT2D eigenvalue weighted by Gasteiger charge is -2.07. The molecule has 4 heteroatoms. The van der Waals surface area contributed by atoms with Crippen molar-refractivity contribution in [1.29, 1.82) is 0 Å². The van der Waals surface area contributed by atoms with E-state index in [0.29, 0.717) is 30.8 Å². The van der Waals surface area contributed by atoms with E-state index in [1.807, 2.05) is 0 Å². The van der Waals surface area contributed by atoms with Gasteiger partial charge < -0.3 is 14.6 Å². The first kappa shape index (κ1) is 10.5. The van der Waals surface area contributed by atoms with Crippen LogP contribution in [0.25, 0.3) is 0 Å². The van der Waals surface area contributed by atoms with Crippen LogP contribution in [0.2, 0.25) is 0 Å². The molecule has 1 aromatic carbocycles. The number of methoxy groups -OCH3 is 1. The third-order valence-corrected chi connectivity index (χ3v) is 1.67. The lowest BCUT2D eigenvalue weighted by molar-refractivity contribution is 0.111. The molecule has 0 saturated heterocycles. The Bertz CT molecular complexity index is 309. The molecule has 0 saturated carbocycles. The van der Waals surface area contributed by atoms with Crippen LogP contribution in [-0.2, 0) is 4.74 Å². The van der Waals surface area contributed by atoms with Gasteiger partial charge in [0.2, 0.25) is 0 Å². The molecule has 0 radical (unpaired) electrons. The summed E-state index contributed by atoms with van der Waals surface area (Å²) < 4.78 is 10.0. The number of ether oxygens (including phenoxy) is 2. The van der Waals surface area contributed by atoms with E-state index in [9.17, 15) is 4.79 Å². The van der Waals surface area contributed by atoms with Crippen molar-refractivity contribution in [3.63, 3.8) is 0 Å². The molecular formula is C10H12O4. The van der Waals surface area contributed by atoms with Gasteiger partial charge in [-0.1, -0.05) is 0 Å². The summed E-state index contributed by atoms with van der Waals surface area (Å²) in [7, 11) is 1.56. The fraction of sp³-hybridized carbons (Fsp3) is 0.300. The number of rotatable bonds is 5. The van der Waals surface area contributed by atoms with E-state index >= 15 is 0 Å². The second-order valence-electron chi connectivity index (χ2n) is 2.68. The van der Waals surface area contributed by atoms with Gasteiger partial charge in [0.15, 0.2) is 6.29 Å². The number of carbonyl (C=O) groups excluding carboxylic acids is 1. The number of hydrogen-bond donors (Lipinski definition) is 1. The van der Waals surface area contributed by atoms with E-state index in [1.165, 1.54) is 18.2 Å². The Balaban J connectivity index is 2.72. The highest BCUT2D eigenvalue weighted by atomic mass is 16.5. The summed E-state index contributed by atoms with van der Waals surface area (Å²) in [6.07, 6.45) is 0.682. The lowest BCUT2D eigenvalue weighted by atomic mass is 10.2. The third kappa shape index (κ3) is 2.74. The number of benzene rings is 1. The van der Waals surface area contributed by atoms with E-state index in [2.05, 4.69) is 0 Å². The van der Waals surface area contributed by atoms with Crippen molar-refractivity contribution in [2.24, 2.45) is 0 Å². The monoisotopic (exact) mass is 196 g/mol. The summed E-state index contributed by atoms with van der Waals surface area (Å²) in [4.78, 5) is 10.6. The van der Waals surface area contributed by atoms with Crippen LogP contribution in [-0.4, -0.2) is 31.7 Å². The number of phenols is 1. The van der Waals surface area contributed by atoms with Crippen molar-refractivity contribution in [2.45, 2.75) is 0 Å². The Morgan fingerprint density at radius 3 is 2.86 bits per heavy atom. The van der Waals surface area contributed by atoms with Crippen LogP contribution in [0, 0.1) is 0 Å². The van der Waals surface area contributed by atoms with Crippen LogP contribution in [0.4, 0.5) is 0 Å². The van der Waals surface area contributed by atoms with Gasteiger partial charge in [0.25, 0.3) is 0 Å². The zero-order valence-corrected chi connectivity index (χ0v) is 7.90. The molecule has 1 rings (SSSR count). The van der Waals surface area contributed by atoms with Gasteiger partial charge in [-0.15, -0.1) is 0 Å². The second-order valence-corrected chi connectivity index (χ2v) is 2.68. The molecule has 0 spiro atoms. The number of carbonyl (C=O) groups is 1. The smallest absolute Gasteiger partial charge is 0.153 e. The van der Waals surface area contributed by atoms with Gasteiger partial charge in [-0.3, -0.25) is 4.79 Å². The van der Waals surface area contributed by atoms with E-state index in [1.54, 1.807) is 7.11 Å². The number of aromatic hydroxyl groups is 1. The van der Waals surface area contributed by atoms with Gasteiger partial charge in [-0.25, -0.2) is 0 Å². The van der Waals surface area contributed by atoms with Crippen molar-refractivity contribution in [3.8, 4) is 11.5 Å². The van der Waals surface area contributed by atoms with Crippen molar-refractivity contribution < 1.29 is 19.4 Å². The van der Waals surface area contributed by atoms with Crippen LogP contribution in [0.15, 0.2) is 18.2 Å². The molecule has 1 aromatic rings. The molecule has 0 fully saturated rings. The van der Waals surface area contributed by atoms with Gasteiger partial charge in [-0.2, -0.15) is 0 Å². The van der Waals surface area contributed by atoms with Crippen molar-refractivity contribution in [3.05, 3.63) is 23.8 Å². The predicted molar refractivity (Wildman–Crippen MR) is 50.9 cm³/mol. The lowest BCUT2D eigenvalue weighted by Crippen LogP contribution is -2.05. The first-order valence-corrected chi connectivity index (χ1v) is 4.18. The molecule has 0 heterocycles. The first-order chi connectivity index (χ1) is 6.77. The molecule has 0 unspecified atom stereocenters. The highest BCUT2D eigenvalue weighted by Crippen LogP contribution is 2.22. The molecule has 76 valence electrons. The minimum absolute atomic E-state index is 0.0722. The molecule has 4 nitrogen and oxygen atoms in total. The Hall–Kier alpha value is -1.55. The maximum atomic E-state index is 10.6. The van der Waals surface area contributed by atoms with E-state index in [4.69, 9.17) is 14.6 Å². The quantitative estimate of drug-likeness (QED) is 0.568. The van der Waals surface area contributed by atoms with Gasteiger partial charge >= 0.3 is 0 Å². The maximum Gasteiger partial charge on any atom is 0.153 e. The molecule has 0 atom stereocenters. The largest absolute Gasteiger partial charge is 0.508 e. The van der Waals surface area contributed by atoms with Crippen molar-refractivity contribution in [1.82, 2.24) is 0 Å². The van der Waals surface area contributed by atoms with Gasteiger partial charge in [0.05, 0.1) is 12.2 Å². The molecule has 14 heavy (non-hydrogen) atoms. The van der Waals surface area contributed by atoms with Gasteiger partial charge in [0.1, 0.15) is 18.1 Å². The van der Waals surface area contributed by atoms with Crippen LogP contribution in [0.3, 0.4) is 0 Å². The zero-order chi connectivity index (χ0) is 10.4. The summed E-state index contributed by atoms with van der Waals surface area (Å²) in [6.45, 7) is 0.786. The van der Waals surface area contributed by atoms with E-state index in [0.717, 1.165) is 0 Å². The summed E-state index contributed by atoms with van der Waals surface area (Å²) in [5, 5.41) is 9.16. The third-order valence-electron chi connectivity index (χ3n) is 1.67. The molecule has 0 bridgehead atoms. The highest BCUT2D eigenvalue weighted by Gasteiger charge is 2.03. The summed E-state index contributed by atoms with van der Waals surface area (Å²) >= 11 is 0. The molecule has 0 aromatic heterocycles. The molecule has 1 N–H and O–H groups in total. The molecule has 0 aliphatic heterocycles. The molecule has 0 aliphatic carbocycles. The summed E-state index contributed by atoms with van der Waals surface area (Å²) in [6, 6.07) is 4.34. The summed E-state index contributed by atoms with van der Waals surface area (Å²) in [5.74, 6) is 0.445. The Morgan fingerprint density at radius 1 is 1.43 bits per heavy atom. The average molecular weight is 196 g/mol. The maximum absolute atomic E-state index is 10.6. The van der Waals surface area contributed by atoms with Gasteiger partial charge in [0, 0.05) is 13.2 Å². The van der Waals surface area contributed by atoms with Crippen molar-refractivity contribution >= 4 is 6.29 Å². The van der Waals surface area contributed by atoms with Crippen LogP contribution >= 0.6 is 0 Å². The first-order valence-electron chi connectivity index (χ1n) is 4.18. The van der Waals surface area contributed by atoms with Crippen LogP contribution in [0.5, 0.6) is 11.5 Å². The normalized spacial score (nSPS) is 9.79. The van der Waals surface area contributed by atoms with Crippen LogP contribution in [0.1, 0.15) is 10.4 Å². The minimum atomic E-state index is 0.0722. The number of aldehydes is 1. The molecule has 0 amide bonds. The zero-order valence-electron chi connectivity index (χ0n) is 7.90. The topological polar surface area (TPSA) is 55.8 Å². The predicted octanol–water partition coefficient (Wildman–Crippen LogP) is 1.23. The highest BCUT2D eigenvalue weighted by molar-refractivity contribution is 5.79. The second kappa shape index (κ2) is 5.24. The molecule has 0 aliphatic rings. The fourth-order valence-electron chi connectivity index (χ4n) is 0.980. The van der Waals surface area contributed by atoms with Gasteiger partial charge in [-0.05, 0) is 12.1 Å². The standard InChI is InChI=1S/C10H12O4/c1-13-4-5-14-10-6-9(12)3-2-8(10)7-11/h2-3,6-7,12H,4-5H2,1H3. The number of phenolic OH excluding ortho intramolecular Hbond substituents is 1. The summed E-state index contributed by atoms with van der Waals surface area (Å²) in [5.41, 5.74) is 0.416. The fourth-order valence-corrected chi connectivity index (χ4v) is 0.980. The van der Waals surface area contributed by atoms with Crippen LogP contribution < -0.4 is 4.74 Å². The Labute approximate surface area is 82.1 Å². The number of hydrogen-bond acceptors (Lipinski definition) is 4. The minimum Gasteiger partial charge on any atom is -0.508 e. The van der Waals surface area contributed by atoms with Crippen molar-refractivity contribution in [2.75, 3.05) is 20.3 Å². The Kier molecular flexibility index (Phi) is 3.94. The Morgan fingerprint density at radius 2 is 2.21 bits per heavy atom.